The van der Waals surface area contributed by atoms with Crippen LogP contribution in [-0.4, -0.2) is 49.6 Å². The maximum Gasteiger partial charge on any atom is 0.191 e. The molecule has 0 amide bonds. The Bertz CT molecular complexity index is 965. The molecule has 0 radical (unpaired) electrons. The van der Waals surface area contributed by atoms with Gasteiger partial charge in [-0.15, -0.1) is 10.2 Å². The summed E-state index contributed by atoms with van der Waals surface area (Å²) in [5.41, 5.74) is 3.86. The Balaban J connectivity index is 1.72. The van der Waals surface area contributed by atoms with Crippen molar-refractivity contribution in [3.05, 3.63) is 47.5 Å². The quantitative estimate of drug-likeness (QED) is 0.286. The van der Waals surface area contributed by atoms with Crippen molar-refractivity contribution in [2.24, 2.45) is 0 Å². The number of thioether (sulfide) groups is 1. The zero-order chi connectivity index (χ0) is 20.8. The molecule has 0 atom stereocenters. The second-order valence-electron chi connectivity index (χ2n) is 6.78. The third-order valence-corrected chi connectivity index (χ3v) is 5.87. The normalized spacial score (nSPS) is 11.2. The molecule has 3 aromatic rings. The Hall–Kier alpha value is -2.45. The number of aryl methyl sites for hydroxylation is 1. The summed E-state index contributed by atoms with van der Waals surface area (Å²) in [6.07, 6.45) is 4.40. The smallest absolute Gasteiger partial charge is 0.191 e. The molecular formula is C21H27N5O2S. The summed E-state index contributed by atoms with van der Waals surface area (Å²) in [5, 5.41) is 9.38. The topological polar surface area (TPSA) is 74.8 Å². The Morgan fingerprint density at radius 2 is 1.93 bits per heavy atom. The molecule has 0 N–H and O–H groups in total. The molecule has 0 aliphatic rings. The van der Waals surface area contributed by atoms with Gasteiger partial charge in [0.15, 0.2) is 16.8 Å². The highest BCUT2D eigenvalue weighted by molar-refractivity contribution is 7.99. The summed E-state index contributed by atoms with van der Waals surface area (Å²) in [6.45, 7) is 8.39. The van der Waals surface area contributed by atoms with Gasteiger partial charge >= 0.3 is 0 Å². The fourth-order valence-corrected chi connectivity index (χ4v) is 4.28. The van der Waals surface area contributed by atoms with Crippen molar-refractivity contribution in [2.45, 2.75) is 45.4 Å². The van der Waals surface area contributed by atoms with Crippen LogP contribution in [0, 0.1) is 13.8 Å². The highest BCUT2D eigenvalue weighted by Gasteiger charge is 2.18. The van der Waals surface area contributed by atoms with Crippen LogP contribution in [0.3, 0.4) is 0 Å². The zero-order valence-electron chi connectivity index (χ0n) is 17.4. The number of ketones is 1. The molecule has 0 fully saturated rings. The van der Waals surface area contributed by atoms with E-state index in [0.717, 1.165) is 53.0 Å². The molecule has 0 saturated carbocycles. The van der Waals surface area contributed by atoms with Gasteiger partial charge in [0, 0.05) is 61.7 Å². The molecule has 3 rings (SSSR count). The lowest BCUT2D eigenvalue weighted by molar-refractivity contribution is 0.102. The van der Waals surface area contributed by atoms with E-state index in [-0.39, 0.29) is 5.78 Å². The lowest BCUT2D eigenvalue weighted by Gasteiger charge is -2.09. The number of rotatable bonds is 10. The van der Waals surface area contributed by atoms with E-state index >= 15 is 0 Å². The van der Waals surface area contributed by atoms with Gasteiger partial charge in [-0.3, -0.25) is 9.78 Å². The summed E-state index contributed by atoms with van der Waals surface area (Å²) in [4.78, 5) is 16.9. The minimum absolute atomic E-state index is 0.109. The van der Waals surface area contributed by atoms with Gasteiger partial charge < -0.3 is 13.9 Å². The van der Waals surface area contributed by atoms with E-state index in [1.165, 1.54) is 11.8 Å². The molecular weight excluding hydrogens is 386 g/mol. The predicted octanol–water partition coefficient (Wildman–Crippen LogP) is 3.79. The van der Waals surface area contributed by atoms with Crippen LogP contribution in [0.1, 0.15) is 35.1 Å². The number of ether oxygens (including phenoxy) is 1. The van der Waals surface area contributed by atoms with E-state index < -0.39 is 0 Å². The summed E-state index contributed by atoms with van der Waals surface area (Å²) >= 11 is 1.43. The van der Waals surface area contributed by atoms with Crippen LogP contribution in [0.4, 0.5) is 0 Å². The number of hydrogen-bond acceptors (Lipinski definition) is 6. The Labute approximate surface area is 175 Å². The predicted molar refractivity (Wildman–Crippen MR) is 114 cm³/mol. The van der Waals surface area contributed by atoms with Gasteiger partial charge in [-0.05, 0) is 45.4 Å². The van der Waals surface area contributed by atoms with Crippen molar-refractivity contribution in [3.8, 4) is 11.4 Å². The zero-order valence-corrected chi connectivity index (χ0v) is 18.2. The average molecular weight is 414 g/mol. The highest BCUT2D eigenvalue weighted by Crippen LogP contribution is 2.25. The number of methoxy groups -OCH3 is 1. The van der Waals surface area contributed by atoms with Gasteiger partial charge in [0.05, 0.1) is 5.75 Å². The van der Waals surface area contributed by atoms with Crippen LogP contribution in [0.25, 0.3) is 11.4 Å². The fraction of sp³-hybridized carbons (Fsp3) is 0.429. The fourth-order valence-electron chi connectivity index (χ4n) is 3.40. The first kappa shape index (κ1) is 21.3. The van der Waals surface area contributed by atoms with E-state index in [4.69, 9.17) is 4.74 Å². The maximum absolute atomic E-state index is 12.9. The van der Waals surface area contributed by atoms with Crippen molar-refractivity contribution in [3.63, 3.8) is 0 Å². The molecule has 0 unspecified atom stereocenters. The minimum Gasteiger partial charge on any atom is -0.385 e. The van der Waals surface area contributed by atoms with E-state index in [9.17, 15) is 4.79 Å². The van der Waals surface area contributed by atoms with E-state index in [0.29, 0.717) is 12.4 Å². The monoisotopic (exact) mass is 413 g/mol. The summed E-state index contributed by atoms with van der Waals surface area (Å²) in [6, 6.07) is 5.81. The van der Waals surface area contributed by atoms with Gasteiger partial charge in [0.1, 0.15) is 0 Å². The van der Waals surface area contributed by atoms with Gasteiger partial charge in [-0.1, -0.05) is 11.8 Å². The standard InChI is InChI=1S/C21H27N5O2S/c1-5-25-20(17-7-9-22-10-8-17)23-24-21(25)29-14-19(27)18-13-15(2)26(16(18)3)11-6-12-28-4/h7-10,13H,5-6,11-12,14H2,1-4H3. The van der Waals surface area contributed by atoms with Crippen LogP contribution < -0.4 is 0 Å². The Morgan fingerprint density at radius 1 is 1.17 bits per heavy atom. The average Bonchev–Trinajstić information content (AvgIpc) is 3.28. The second-order valence-corrected chi connectivity index (χ2v) is 7.72. The summed E-state index contributed by atoms with van der Waals surface area (Å²) < 4.78 is 9.36. The molecule has 3 heterocycles. The van der Waals surface area contributed by atoms with Gasteiger partial charge in [0.25, 0.3) is 0 Å². The van der Waals surface area contributed by atoms with Crippen molar-refractivity contribution in [2.75, 3.05) is 19.5 Å². The first-order valence-corrected chi connectivity index (χ1v) is 10.7. The lowest BCUT2D eigenvalue weighted by atomic mass is 10.2. The molecule has 0 bridgehead atoms. The van der Waals surface area contributed by atoms with Gasteiger partial charge in [0.2, 0.25) is 0 Å². The third-order valence-electron chi connectivity index (χ3n) is 4.91. The van der Waals surface area contributed by atoms with Crippen LogP contribution in [0.5, 0.6) is 0 Å². The number of aromatic nitrogens is 5. The molecule has 0 aliphatic heterocycles. The second kappa shape index (κ2) is 9.84. The largest absolute Gasteiger partial charge is 0.385 e. The number of carbonyl (C=O) groups is 1. The van der Waals surface area contributed by atoms with Crippen molar-refractivity contribution in [1.29, 1.82) is 0 Å². The number of Topliss-reactive ketones (excluding diaryl/α,β-unsaturated/α-hetero) is 1. The molecule has 0 saturated heterocycles. The summed E-state index contributed by atoms with van der Waals surface area (Å²) in [7, 11) is 1.71. The molecule has 8 heteroatoms. The van der Waals surface area contributed by atoms with Crippen molar-refractivity contribution in [1.82, 2.24) is 24.3 Å². The van der Waals surface area contributed by atoms with Gasteiger partial charge in [-0.2, -0.15) is 0 Å². The number of carbonyl (C=O) groups excluding carboxylic acids is 1. The van der Waals surface area contributed by atoms with E-state index in [1.807, 2.05) is 43.5 Å². The van der Waals surface area contributed by atoms with Gasteiger partial charge in [-0.25, -0.2) is 0 Å². The maximum atomic E-state index is 12.9. The number of pyridine rings is 1. The Kier molecular flexibility index (Phi) is 7.22. The van der Waals surface area contributed by atoms with Crippen LogP contribution in [0.15, 0.2) is 35.7 Å². The SMILES string of the molecule is CCn1c(SCC(=O)c2cc(C)n(CCCOC)c2C)nnc1-c1ccncc1. The molecule has 0 spiro atoms. The highest BCUT2D eigenvalue weighted by atomic mass is 32.2. The Morgan fingerprint density at radius 3 is 2.62 bits per heavy atom. The molecule has 3 aromatic heterocycles. The molecule has 7 nitrogen and oxygen atoms in total. The first-order valence-electron chi connectivity index (χ1n) is 9.72. The molecule has 154 valence electrons. The van der Waals surface area contributed by atoms with Crippen molar-refractivity contribution >= 4 is 17.5 Å². The van der Waals surface area contributed by atoms with Crippen LogP contribution in [-0.2, 0) is 17.8 Å². The van der Waals surface area contributed by atoms with E-state index in [1.54, 1.807) is 19.5 Å². The van der Waals surface area contributed by atoms with E-state index in [2.05, 4.69) is 19.7 Å². The number of hydrogen-bond donors (Lipinski definition) is 0. The third kappa shape index (κ3) is 4.76. The molecule has 0 aromatic carbocycles. The van der Waals surface area contributed by atoms with Crippen LogP contribution >= 0.6 is 11.8 Å². The number of nitrogens with zero attached hydrogens (tertiary/aromatic N) is 5. The molecule has 0 aliphatic carbocycles. The lowest BCUT2D eigenvalue weighted by Crippen LogP contribution is -2.09. The molecule has 29 heavy (non-hydrogen) atoms. The summed E-state index contributed by atoms with van der Waals surface area (Å²) in [5.74, 6) is 1.23. The van der Waals surface area contributed by atoms with Crippen LogP contribution in [0.2, 0.25) is 0 Å². The first-order chi connectivity index (χ1) is 14.1. The minimum atomic E-state index is 0.109. The van der Waals surface area contributed by atoms with Crippen molar-refractivity contribution < 1.29 is 9.53 Å².